The number of nitrogens with two attached hydrogens (primary N) is 1. The average molecular weight is 195 g/mol. The molecule has 0 bridgehead atoms. The topological polar surface area (TPSA) is 51.8 Å². The molecule has 0 unspecified atom stereocenters. The van der Waals surface area contributed by atoms with E-state index >= 15 is 0 Å². The van der Waals surface area contributed by atoms with E-state index in [9.17, 15) is 0 Å². The first kappa shape index (κ1) is 8.81. The molecule has 0 saturated heterocycles. The zero-order chi connectivity index (χ0) is 9.42. The highest BCUT2D eigenvalue weighted by molar-refractivity contribution is 7.98. The molecule has 70 valence electrons. The van der Waals surface area contributed by atoms with E-state index in [1.54, 1.807) is 11.8 Å². The fraction of sp³-hybridized carbons (Fsp3) is 0.556. The van der Waals surface area contributed by atoms with Crippen molar-refractivity contribution in [3.63, 3.8) is 0 Å². The predicted molar refractivity (Wildman–Crippen MR) is 54.9 cm³/mol. The summed E-state index contributed by atoms with van der Waals surface area (Å²) >= 11 is 1.64. The molecule has 2 N–H and O–H groups in total. The van der Waals surface area contributed by atoms with Gasteiger partial charge in [0.25, 0.3) is 0 Å². The highest BCUT2D eigenvalue weighted by Gasteiger charge is 2.27. The van der Waals surface area contributed by atoms with Crippen molar-refractivity contribution in [1.82, 2.24) is 9.97 Å². The lowest BCUT2D eigenvalue weighted by Crippen LogP contribution is -2.03. The molecule has 1 aromatic rings. The normalized spacial score (nSPS) is 16.2. The van der Waals surface area contributed by atoms with Crippen LogP contribution in [0, 0.1) is 6.92 Å². The van der Waals surface area contributed by atoms with Gasteiger partial charge in [0.2, 0.25) is 0 Å². The van der Waals surface area contributed by atoms with E-state index in [1.165, 1.54) is 12.8 Å². The number of hydrogen-bond donors (Lipinski definition) is 1. The molecule has 1 aromatic heterocycles. The molecular formula is C9H13N3S. The third-order valence-electron chi connectivity index (χ3n) is 2.29. The Labute approximate surface area is 82.2 Å². The molecule has 0 radical (unpaired) electrons. The summed E-state index contributed by atoms with van der Waals surface area (Å²) in [5, 5.41) is 1.02. The van der Waals surface area contributed by atoms with Crippen LogP contribution in [0.5, 0.6) is 0 Å². The second-order valence-electron chi connectivity index (χ2n) is 3.38. The molecule has 3 nitrogen and oxygen atoms in total. The van der Waals surface area contributed by atoms with Crippen LogP contribution < -0.4 is 5.73 Å². The van der Waals surface area contributed by atoms with Gasteiger partial charge in [0.1, 0.15) is 16.7 Å². The first-order valence-corrected chi connectivity index (χ1v) is 5.63. The van der Waals surface area contributed by atoms with E-state index in [-0.39, 0.29) is 0 Å². The molecule has 1 aliphatic rings. The lowest BCUT2D eigenvalue weighted by atomic mass is 10.3. The molecule has 0 spiro atoms. The van der Waals surface area contributed by atoms with E-state index in [4.69, 9.17) is 5.73 Å². The maximum atomic E-state index is 5.80. The number of anilines is 1. The summed E-state index contributed by atoms with van der Waals surface area (Å²) in [6.45, 7) is 1.97. The molecule has 1 saturated carbocycles. The van der Waals surface area contributed by atoms with Gasteiger partial charge in [-0.25, -0.2) is 9.97 Å². The third kappa shape index (κ3) is 1.63. The Hall–Kier alpha value is -0.770. The first-order chi connectivity index (χ1) is 6.22. The van der Waals surface area contributed by atoms with E-state index < -0.39 is 0 Å². The molecule has 0 amide bonds. The quantitative estimate of drug-likeness (QED) is 0.579. The Morgan fingerprint density at radius 2 is 2.08 bits per heavy atom. The van der Waals surface area contributed by atoms with E-state index in [0.29, 0.717) is 11.7 Å². The summed E-state index contributed by atoms with van der Waals surface area (Å²) < 4.78 is 0. The SMILES string of the molecule is CSc1nc(C2CC2)nc(N)c1C. The van der Waals surface area contributed by atoms with Gasteiger partial charge in [0, 0.05) is 11.5 Å². The van der Waals surface area contributed by atoms with Crippen LogP contribution in [0.1, 0.15) is 30.1 Å². The van der Waals surface area contributed by atoms with E-state index in [2.05, 4.69) is 9.97 Å². The second-order valence-corrected chi connectivity index (χ2v) is 4.17. The molecule has 0 atom stereocenters. The van der Waals surface area contributed by atoms with Crippen molar-refractivity contribution in [1.29, 1.82) is 0 Å². The summed E-state index contributed by atoms with van der Waals surface area (Å²) in [5.74, 6) is 2.16. The fourth-order valence-electron chi connectivity index (χ4n) is 1.25. The van der Waals surface area contributed by atoms with Crippen molar-refractivity contribution in [3.05, 3.63) is 11.4 Å². The molecule has 0 aliphatic heterocycles. The van der Waals surface area contributed by atoms with Gasteiger partial charge in [-0.1, -0.05) is 0 Å². The van der Waals surface area contributed by atoms with Gasteiger partial charge < -0.3 is 5.73 Å². The summed E-state index contributed by atoms with van der Waals surface area (Å²) in [7, 11) is 0. The molecule has 13 heavy (non-hydrogen) atoms. The first-order valence-electron chi connectivity index (χ1n) is 4.40. The maximum absolute atomic E-state index is 5.80. The number of nitrogens with zero attached hydrogens (tertiary/aromatic N) is 2. The van der Waals surface area contributed by atoms with Crippen LogP contribution in [-0.2, 0) is 0 Å². The minimum atomic E-state index is 0.578. The molecule has 1 heterocycles. The van der Waals surface area contributed by atoms with Crippen LogP contribution >= 0.6 is 11.8 Å². The Bertz CT molecular complexity index is 334. The average Bonchev–Trinajstić information content (AvgIpc) is 2.92. The van der Waals surface area contributed by atoms with Gasteiger partial charge in [0.15, 0.2) is 0 Å². The standard InChI is InChI=1S/C9H13N3S/c1-5-7(10)11-8(6-3-4-6)12-9(5)13-2/h6H,3-4H2,1-2H3,(H2,10,11,12). The highest BCUT2D eigenvalue weighted by atomic mass is 32.2. The fourth-order valence-corrected chi connectivity index (χ4v) is 1.85. The van der Waals surface area contributed by atoms with Crippen molar-refractivity contribution in [2.24, 2.45) is 0 Å². The Morgan fingerprint density at radius 3 is 2.62 bits per heavy atom. The zero-order valence-electron chi connectivity index (χ0n) is 7.87. The summed E-state index contributed by atoms with van der Waals surface area (Å²) in [6.07, 6.45) is 4.46. The maximum Gasteiger partial charge on any atom is 0.135 e. The number of nitrogen functional groups attached to an aromatic ring is 1. The second kappa shape index (κ2) is 3.18. The van der Waals surface area contributed by atoms with Gasteiger partial charge in [-0.2, -0.15) is 0 Å². The van der Waals surface area contributed by atoms with Crippen LogP contribution in [0.2, 0.25) is 0 Å². The molecule has 1 aliphatic carbocycles. The molecular weight excluding hydrogens is 182 g/mol. The third-order valence-corrected chi connectivity index (χ3v) is 3.08. The van der Waals surface area contributed by atoms with E-state index in [1.807, 2.05) is 13.2 Å². The summed E-state index contributed by atoms with van der Waals surface area (Å²) in [6, 6.07) is 0. The van der Waals surface area contributed by atoms with Crippen LogP contribution in [0.4, 0.5) is 5.82 Å². The minimum Gasteiger partial charge on any atom is -0.383 e. The number of aromatic nitrogens is 2. The van der Waals surface area contributed by atoms with Crippen LogP contribution in [-0.4, -0.2) is 16.2 Å². The molecule has 0 aromatic carbocycles. The number of rotatable bonds is 2. The van der Waals surface area contributed by atoms with Gasteiger partial charge in [-0.05, 0) is 26.0 Å². The van der Waals surface area contributed by atoms with Crippen LogP contribution in [0.15, 0.2) is 5.03 Å². The molecule has 2 rings (SSSR count). The largest absolute Gasteiger partial charge is 0.383 e. The number of thioether (sulfide) groups is 1. The van der Waals surface area contributed by atoms with Crippen molar-refractivity contribution >= 4 is 17.6 Å². The van der Waals surface area contributed by atoms with Crippen molar-refractivity contribution in [2.45, 2.75) is 30.7 Å². The predicted octanol–water partition coefficient (Wildman–Crippen LogP) is 1.97. The van der Waals surface area contributed by atoms with Gasteiger partial charge >= 0.3 is 0 Å². The zero-order valence-corrected chi connectivity index (χ0v) is 8.69. The van der Waals surface area contributed by atoms with E-state index in [0.717, 1.165) is 16.4 Å². The summed E-state index contributed by atoms with van der Waals surface area (Å²) in [4.78, 5) is 8.78. The monoisotopic (exact) mass is 195 g/mol. The number of hydrogen-bond acceptors (Lipinski definition) is 4. The van der Waals surface area contributed by atoms with Gasteiger partial charge in [-0.15, -0.1) is 11.8 Å². The van der Waals surface area contributed by atoms with Crippen molar-refractivity contribution in [3.8, 4) is 0 Å². The van der Waals surface area contributed by atoms with Crippen LogP contribution in [0.25, 0.3) is 0 Å². The lowest BCUT2D eigenvalue weighted by molar-refractivity contribution is 0.869. The molecule has 1 fully saturated rings. The lowest BCUT2D eigenvalue weighted by Gasteiger charge is -2.06. The minimum absolute atomic E-state index is 0.578. The Balaban J connectivity index is 2.43. The van der Waals surface area contributed by atoms with Crippen molar-refractivity contribution in [2.75, 3.05) is 12.0 Å². The molecule has 4 heteroatoms. The smallest absolute Gasteiger partial charge is 0.135 e. The Morgan fingerprint density at radius 1 is 1.38 bits per heavy atom. The summed E-state index contributed by atoms with van der Waals surface area (Å²) in [5.41, 5.74) is 6.81. The van der Waals surface area contributed by atoms with Crippen LogP contribution in [0.3, 0.4) is 0 Å². The van der Waals surface area contributed by atoms with Gasteiger partial charge in [0.05, 0.1) is 0 Å². The van der Waals surface area contributed by atoms with Crippen molar-refractivity contribution < 1.29 is 0 Å². The Kier molecular flexibility index (Phi) is 2.15. The highest BCUT2D eigenvalue weighted by Crippen LogP contribution is 2.39. The van der Waals surface area contributed by atoms with Gasteiger partial charge in [-0.3, -0.25) is 0 Å².